The first-order chi connectivity index (χ1) is 7.38. The van der Waals surface area contributed by atoms with Gasteiger partial charge in [0.15, 0.2) is 0 Å². The summed E-state index contributed by atoms with van der Waals surface area (Å²) in [6, 6.07) is 7.94. The van der Waals surface area contributed by atoms with E-state index in [1.807, 2.05) is 24.3 Å². The third-order valence-corrected chi connectivity index (χ3v) is 3.36. The van der Waals surface area contributed by atoms with Gasteiger partial charge in [-0.1, -0.05) is 23.9 Å². The number of aliphatic hydroxyl groups is 1. The van der Waals surface area contributed by atoms with Crippen molar-refractivity contribution in [2.75, 3.05) is 12.5 Å². The molecule has 3 heteroatoms. The molecule has 0 atom stereocenters. The third kappa shape index (κ3) is 3.86. The lowest BCUT2D eigenvalue weighted by atomic mass is 10.2. The number of ether oxygens (including phenoxy) is 1. The Morgan fingerprint density at radius 2 is 2.00 bits per heavy atom. The Labute approximate surface area is 94.6 Å². The van der Waals surface area contributed by atoms with E-state index in [2.05, 4.69) is 0 Å². The van der Waals surface area contributed by atoms with Crippen molar-refractivity contribution in [1.82, 2.24) is 0 Å². The van der Waals surface area contributed by atoms with Gasteiger partial charge in [0.1, 0.15) is 0 Å². The predicted octanol–water partition coefficient (Wildman–Crippen LogP) is 2.66. The lowest BCUT2D eigenvalue weighted by Gasteiger charge is -2.03. The average molecular weight is 224 g/mol. The van der Waals surface area contributed by atoms with Crippen LogP contribution in [-0.4, -0.2) is 17.7 Å². The Hall–Kier alpha value is -0.510. The molecule has 1 aromatic rings. The zero-order valence-corrected chi connectivity index (χ0v) is 9.50. The second kappa shape index (κ2) is 5.54. The molecular weight excluding hydrogens is 208 g/mol. The molecule has 0 radical (unpaired) electrons. The molecule has 0 saturated heterocycles. The van der Waals surface area contributed by atoms with Gasteiger partial charge in [-0.2, -0.15) is 0 Å². The first-order valence-corrected chi connectivity index (χ1v) is 6.27. The van der Waals surface area contributed by atoms with Crippen LogP contribution in [0.1, 0.15) is 18.4 Å². The van der Waals surface area contributed by atoms with Gasteiger partial charge in [-0.15, -0.1) is 0 Å². The molecule has 15 heavy (non-hydrogen) atoms. The molecule has 1 N–H and O–H groups in total. The molecular formula is C12H16O2S. The van der Waals surface area contributed by atoms with Crippen molar-refractivity contribution in [3.8, 4) is 0 Å². The molecule has 0 amide bonds. The fourth-order valence-electron chi connectivity index (χ4n) is 1.30. The normalized spacial score (nSPS) is 15.5. The maximum absolute atomic E-state index is 8.88. The quantitative estimate of drug-likeness (QED) is 0.457. The van der Waals surface area contributed by atoms with Crippen LogP contribution >= 0.6 is 11.8 Å². The van der Waals surface area contributed by atoms with Gasteiger partial charge < -0.3 is 9.84 Å². The largest absolute Gasteiger partial charge is 0.392 e. The van der Waals surface area contributed by atoms with E-state index in [9.17, 15) is 0 Å². The number of aliphatic hydroxyl groups excluding tert-OH is 1. The minimum atomic E-state index is 0.114. The van der Waals surface area contributed by atoms with Crippen LogP contribution in [0.5, 0.6) is 0 Å². The first kappa shape index (κ1) is 11.0. The average Bonchev–Trinajstić information content (AvgIpc) is 3.09. The Balaban J connectivity index is 1.67. The van der Waals surface area contributed by atoms with Crippen LogP contribution in [0.15, 0.2) is 29.2 Å². The van der Waals surface area contributed by atoms with Crippen LogP contribution in [-0.2, 0) is 11.3 Å². The van der Waals surface area contributed by atoms with E-state index >= 15 is 0 Å². The molecule has 0 spiro atoms. The van der Waals surface area contributed by atoms with E-state index in [4.69, 9.17) is 9.84 Å². The van der Waals surface area contributed by atoms with Gasteiger partial charge in [0, 0.05) is 4.90 Å². The topological polar surface area (TPSA) is 29.5 Å². The lowest BCUT2D eigenvalue weighted by molar-refractivity contribution is 0.171. The molecule has 0 aliphatic heterocycles. The SMILES string of the molecule is OCc1ccc(SCOCC2CC2)cc1. The number of hydrogen-bond donors (Lipinski definition) is 1. The Bertz CT molecular complexity index is 293. The van der Waals surface area contributed by atoms with Crippen molar-refractivity contribution in [3.63, 3.8) is 0 Å². The summed E-state index contributed by atoms with van der Waals surface area (Å²) in [6.07, 6.45) is 2.69. The summed E-state index contributed by atoms with van der Waals surface area (Å²) in [6.45, 7) is 1.03. The monoisotopic (exact) mass is 224 g/mol. The maximum atomic E-state index is 8.88. The van der Waals surface area contributed by atoms with Crippen LogP contribution in [0.25, 0.3) is 0 Å². The summed E-state index contributed by atoms with van der Waals surface area (Å²) < 4.78 is 5.53. The van der Waals surface area contributed by atoms with Crippen molar-refractivity contribution in [2.24, 2.45) is 5.92 Å². The van der Waals surface area contributed by atoms with Gasteiger partial charge in [-0.25, -0.2) is 0 Å². The van der Waals surface area contributed by atoms with E-state index in [1.54, 1.807) is 11.8 Å². The summed E-state index contributed by atoms with van der Waals surface area (Å²) >= 11 is 1.71. The molecule has 0 aromatic heterocycles. The van der Waals surface area contributed by atoms with Crippen LogP contribution in [0.3, 0.4) is 0 Å². The molecule has 1 fully saturated rings. The summed E-state index contributed by atoms with van der Waals surface area (Å²) in [4.78, 5) is 1.20. The van der Waals surface area contributed by atoms with Crippen LogP contribution in [0.2, 0.25) is 0 Å². The molecule has 0 bridgehead atoms. The van der Waals surface area contributed by atoms with Gasteiger partial charge in [0.2, 0.25) is 0 Å². The Morgan fingerprint density at radius 1 is 1.27 bits per heavy atom. The second-order valence-corrected chi connectivity index (χ2v) is 4.87. The molecule has 0 unspecified atom stereocenters. The summed E-state index contributed by atoms with van der Waals surface area (Å²) in [5.41, 5.74) is 0.957. The highest BCUT2D eigenvalue weighted by molar-refractivity contribution is 7.99. The highest BCUT2D eigenvalue weighted by Gasteiger charge is 2.20. The highest BCUT2D eigenvalue weighted by Crippen LogP contribution is 2.29. The van der Waals surface area contributed by atoms with Crippen molar-refractivity contribution in [3.05, 3.63) is 29.8 Å². The second-order valence-electron chi connectivity index (χ2n) is 3.88. The molecule has 2 rings (SSSR count). The van der Waals surface area contributed by atoms with Crippen LogP contribution in [0, 0.1) is 5.92 Å². The fraction of sp³-hybridized carbons (Fsp3) is 0.500. The lowest BCUT2D eigenvalue weighted by Crippen LogP contribution is -1.94. The summed E-state index contributed by atoms with van der Waals surface area (Å²) in [5.74, 6) is 1.57. The van der Waals surface area contributed by atoms with E-state index in [0.29, 0.717) is 0 Å². The van der Waals surface area contributed by atoms with Gasteiger partial charge in [0.05, 0.1) is 19.2 Å². The molecule has 1 saturated carbocycles. The van der Waals surface area contributed by atoms with Crippen LogP contribution < -0.4 is 0 Å². The van der Waals surface area contributed by atoms with E-state index < -0.39 is 0 Å². The number of rotatable bonds is 6. The van der Waals surface area contributed by atoms with Crippen LogP contribution in [0.4, 0.5) is 0 Å². The number of thioether (sulfide) groups is 1. The smallest absolute Gasteiger partial charge is 0.0967 e. The minimum Gasteiger partial charge on any atom is -0.392 e. The minimum absolute atomic E-state index is 0.114. The van der Waals surface area contributed by atoms with Gasteiger partial charge in [0.25, 0.3) is 0 Å². The predicted molar refractivity (Wildman–Crippen MR) is 61.8 cm³/mol. The molecule has 1 aromatic carbocycles. The Kier molecular flexibility index (Phi) is 4.06. The first-order valence-electron chi connectivity index (χ1n) is 5.29. The van der Waals surface area contributed by atoms with E-state index in [1.165, 1.54) is 17.7 Å². The summed E-state index contributed by atoms with van der Waals surface area (Å²) in [7, 11) is 0. The van der Waals surface area contributed by atoms with E-state index in [0.717, 1.165) is 24.0 Å². The van der Waals surface area contributed by atoms with E-state index in [-0.39, 0.29) is 6.61 Å². The van der Waals surface area contributed by atoms with Crippen molar-refractivity contribution in [2.45, 2.75) is 24.3 Å². The van der Waals surface area contributed by atoms with Crippen molar-refractivity contribution in [1.29, 1.82) is 0 Å². The molecule has 1 aliphatic carbocycles. The number of hydrogen-bond acceptors (Lipinski definition) is 3. The van der Waals surface area contributed by atoms with Crippen molar-refractivity contribution < 1.29 is 9.84 Å². The van der Waals surface area contributed by atoms with Crippen molar-refractivity contribution >= 4 is 11.8 Å². The zero-order valence-electron chi connectivity index (χ0n) is 8.69. The van der Waals surface area contributed by atoms with Gasteiger partial charge in [-0.05, 0) is 36.5 Å². The molecule has 1 aliphatic rings. The maximum Gasteiger partial charge on any atom is 0.0967 e. The third-order valence-electron chi connectivity index (χ3n) is 2.47. The molecule has 2 nitrogen and oxygen atoms in total. The van der Waals surface area contributed by atoms with Gasteiger partial charge in [-0.3, -0.25) is 0 Å². The highest BCUT2D eigenvalue weighted by atomic mass is 32.2. The molecule has 0 heterocycles. The standard InChI is InChI=1S/C12H16O2S/c13-7-10-3-5-12(6-4-10)15-9-14-8-11-1-2-11/h3-6,11,13H,1-2,7-9H2. The number of benzene rings is 1. The van der Waals surface area contributed by atoms with Gasteiger partial charge >= 0.3 is 0 Å². The fourth-order valence-corrected chi connectivity index (χ4v) is 1.94. The summed E-state index contributed by atoms with van der Waals surface area (Å²) in [5, 5.41) is 8.88. The zero-order chi connectivity index (χ0) is 10.5. The molecule has 82 valence electrons. The Morgan fingerprint density at radius 3 is 2.60 bits per heavy atom.